The molecule has 0 radical (unpaired) electrons. The molecule has 6 heteroatoms. The molecule has 1 aliphatic carbocycles. The van der Waals surface area contributed by atoms with Crippen LogP contribution in [0.2, 0.25) is 0 Å². The molecule has 2 aliphatic rings. The molecule has 0 spiro atoms. The minimum absolute atomic E-state index is 0.131. The van der Waals surface area contributed by atoms with Crippen molar-refractivity contribution < 1.29 is 13.2 Å². The lowest BCUT2D eigenvalue weighted by atomic mass is 9.84. The number of alkyl halides is 3. The molecule has 0 unspecified atom stereocenters. The fourth-order valence-corrected chi connectivity index (χ4v) is 2.45. The summed E-state index contributed by atoms with van der Waals surface area (Å²) < 4.78 is 39.1. The van der Waals surface area contributed by atoms with E-state index >= 15 is 0 Å². The smallest absolute Gasteiger partial charge is 0.312 e. The largest absolute Gasteiger partial charge is 0.433 e. The summed E-state index contributed by atoms with van der Waals surface area (Å²) in [5.74, 6) is 0.528. The number of hydrogen-bond acceptors (Lipinski definition) is 3. The lowest BCUT2D eigenvalue weighted by Gasteiger charge is -2.27. The molecule has 2 heterocycles. The second-order valence-electron chi connectivity index (χ2n) is 4.91. The van der Waals surface area contributed by atoms with Crippen molar-refractivity contribution in [3.63, 3.8) is 0 Å². The van der Waals surface area contributed by atoms with Gasteiger partial charge in [0.05, 0.1) is 5.69 Å². The number of nitrogens with one attached hydrogen (secondary N) is 1. The van der Waals surface area contributed by atoms with Crippen molar-refractivity contribution in [2.24, 2.45) is 0 Å². The third-order valence-electron chi connectivity index (χ3n) is 3.69. The molecule has 0 atom stereocenters. The van der Waals surface area contributed by atoms with Crippen molar-refractivity contribution >= 4 is 0 Å². The maximum Gasteiger partial charge on any atom is 0.433 e. The molecule has 0 saturated heterocycles. The molecule has 0 amide bonds. The topological polar surface area (TPSA) is 37.8 Å². The number of fused-ring (bicyclic) bond motifs is 1. The third-order valence-corrected chi connectivity index (χ3v) is 3.69. The van der Waals surface area contributed by atoms with Crippen LogP contribution in [0.3, 0.4) is 0 Å². The first kappa shape index (κ1) is 11.9. The molecule has 1 aromatic heterocycles. The Labute approximate surface area is 103 Å². The van der Waals surface area contributed by atoms with Crippen molar-refractivity contribution in [2.45, 2.75) is 44.3 Å². The highest BCUT2D eigenvalue weighted by Crippen LogP contribution is 2.38. The van der Waals surface area contributed by atoms with Gasteiger partial charge in [0.1, 0.15) is 5.82 Å². The molecule has 1 saturated carbocycles. The molecule has 1 fully saturated rings. The molecule has 3 rings (SSSR count). The van der Waals surface area contributed by atoms with E-state index in [4.69, 9.17) is 0 Å². The van der Waals surface area contributed by atoms with Gasteiger partial charge in [0, 0.05) is 31.0 Å². The summed E-state index contributed by atoms with van der Waals surface area (Å²) in [7, 11) is 0. The van der Waals surface area contributed by atoms with Crippen LogP contribution in [0.4, 0.5) is 13.2 Å². The van der Waals surface area contributed by atoms with Crippen LogP contribution in [0.5, 0.6) is 0 Å². The zero-order valence-electron chi connectivity index (χ0n) is 9.85. The van der Waals surface area contributed by atoms with E-state index in [1.165, 1.54) is 0 Å². The molecule has 1 aliphatic heterocycles. The Morgan fingerprint density at radius 1 is 1.17 bits per heavy atom. The Balaban J connectivity index is 2.09. The summed E-state index contributed by atoms with van der Waals surface area (Å²) in [6.07, 6.45) is -0.943. The van der Waals surface area contributed by atoms with Crippen LogP contribution in [0.15, 0.2) is 0 Å². The van der Waals surface area contributed by atoms with E-state index in [0.29, 0.717) is 24.5 Å². The molecule has 1 N–H and O–H groups in total. The van der Waals surface area contributed by atoms with Crippen molar-refractivity contribution in [1.29, 1.82) is 0 Å². The van der Waals surface area contributed by atoms with Gasteiger partial charge in [-0.25, -0.2) is 9.97 Å². The zero-order chi connectivity index (χ0) is 12.8. The highest BCUT2D eigenvalue weighted by Gasteiger charge is 2.39. The number of nitrogens with zero attached hydrogens (tertiary/aromatic N) is 2. The third kappa shape index (κ3) is 1.98. The van der Waals surface area contributed by atoms with Gasteiger partial charge in [0.15, 0.2) is 5.69 Å². The van der Waals surface area contributed by atoms with Gasteiger partial charge >= 0.3 is 6.18 Å². The average Bonchev–Trinajstić information content (AvgIpc) is 2.24. The number of hydrogen-bond donors (Lipinski definition) is 1. The number of halogens is 3. The van der Waals surface area contributed by atoms with Crippen LogP contribution in [0.1, 0.15) is 48.0 Å². The molecule has 3 nitrogen and oxygen atoms in total. The molecule has 18 heavy (non-hydrogen) atoms. The summed E-state index contributed by atoms with van der Waals surface area (Å²) in [6, 6.07) is 0. The van der Waals surface area contributed by atoms with Crippen LogP contribution >= 0.6 is 0 Å². The Kier molecular flexibility index (Phi) is 2.77. The minimum Gasteiger partial charge on any atom is -0.312 e. The maximum atomic E-state index is 13.0. The van der Waals surface area contributed by atoms with Crippen LogP contribution in [-0.2, 0) is 19.1 Å². The summed E-state index contributed by atoms with van der Waals surface area (Å²) in [5.41, 5.74) is 0.0800. The van der Waals surface area contributed by atoms with Gasteiger partial charge in [-0.3, -0.25) is 0 Å². The highest BCUT2D eigenvalue weighted by molar-refractivity contribution is 5.31. The zero-order valence-corrected chi connectivity index (χ0v) is 9.85. The molecule has 98 valence electrons. The minimum atomic E-state index is -4.38. The van der Waals surface area contributed by atoms with Crippen molar-refractivity contribution in [1.82, 2.24) is 15.3 Å². The van der Waals surface area contributed by atoms with Gasteiger partial charge in [0.25, 0.3) is 0 Å². The quantitative estimate of drug-likeness (QED) is 0.839. The summed E-state index contributed by atoms with van der Waals surface area (Å²) in [4.78, 5) is 8.16. The van der Waals surface area contributed by atoms with E-state index in [1.807, 2.05) is 0 Å². The SMILES string of the molecule is FC(F)(F)c1nc(C2CCC2)nc2c1CNCC2. The summed E-state index contributed by atoms with van der Waals surface area (Å²) in [6.45, 7) is 0.903. The molecule has 0 aromatic carbocycles. The monoisotopic (exact) mass is 257 g/mol. The lowest BCUT2D eigenvalue weighted by Crippen LogP contribution is -2.30. The first-order valence-electron chi connectivity index (χ1n) is 6.23. The Morgan fingerprint density at radius 2 is 1.94 bits per heavy atom. The van der Waals surface area contributed by atoms with Crippen LogP contribution < -0.4 is 5.32 Å². The predicted octanol–water partition coefficient (Wildman–Crippen LogP) is 2.41. The fraction of sp³-hybridized carbons (Fsp3) is 0.667. The van der Waals surface area contributed by atoms with Crippen molar-refractivity contribution in [3.8, 4) is 0 Å². The summed E-state index contributed by atoms with van der Waals surface area (Å²) in [5, 5.41) is 2.95. The number of rotatable bonds is 1. The van der Waals surface area contributed by atoms with Gasteiger partial charge in [0.2, 0.25) is 0 Å². The Bertz CT molecular complexity index is 466. The standard InChI is InChI=1S/C12H14F3N3/c13-12(14,15)10-8-6-16-5-4-9(8)17-11(18-10)7-2-1-3-7/h7,16H,1-6H2. The van der Waals surface area contributed by atoms with Crippen LogP contribution in [0.25, 0.3) is 0 Å². The maximum absolute atomic E-state index is 13.0. The second-order valence-corrected chi connectivity index (χ2v) is 4.91. The first-order valence-corrected chi connectivity index (χ1v) is 6.23. The van der Waals surface area contributed by atoms with Crippen molar-refractivity contribution in [2.75, 3.05) is 6.54 Å². The van der Waals surface area contributed by atoms with E-state index in [9.17, 15) is 13.2 Å². The second kappa shape index (κ2) is 4.19. The van der Waals surface area contributed by atoms with Crippen LogP contribution in [0, 0.1) is 0 Å². The average molecular weight is 257 g/mol. The van der Waals surface area contributed by atoms with E-state index < -0.39 is 11.9 Å². The van der Waals surface area contributed by atoms with Gasteiger partial charge in [-0.1, -0.05) is 6.42 Å². The first-order chi connectivity index (χ1) is 8.55. The normalized spacial score (nSPS) is 20.4. The van der Waals surface area contributed by atoms with E-state index in [-0.39, 0.29) is 18.0 Å². The molecule has 0 bridgehead atoms. The fourth-order valence-electron chi connectivity index (χ4n) is 2.45. The van der Waals surface area contributed by atoms with Gasteiger partial charge in [-0.15, -0.1) is 0 Å². The van der Waals surface area contributed by atoms with Crippen LogP contribution in [-0.4, -0.2) is 16.5 Å². The lowest BCUT2D eigenvalue weighted by molar-refractivity contribution is -0.142. The Hall–Kier alpha value is -1.17. The van der Waals surface area contributed by atoms with E-state index in [0.717, 1.165) is 19.3 Å². The molecular formula is C12H14F3N3. The molecular weight excluding hydrogens is 243 g/mol. The number of aromatic nitrogens is 2. The molecule has 1 aromatic rings. The van der Waals surface area contributed by atoms with Crippen molar-refractivity contribution in [3.05, 3.63) is 22.8 Å². The van der Waals surface area contributed by atoms with Gasteiger partial charge in [-0.2, -0.15) is 13.2 Å². The summed E-state index contributed by atoms with van der Waals surface area (Å²) >= 11 is 0. The van der Waals surface area contributed by atoms with E-state index in [1.54, 1.807) is 0 Å². The van der Waals surface area contributed by atoms with Gasteiger partial charge < -0.3 is 5.32 Å². The Morgan fingerprint density at radius 3 is 2.56 bits per heavy atom. The van der Waals surface area contributed by atoms with Gasteiger partial charge in [-0.05, 0) is 12.8 Å². The highest BCUT2D eigenvalue weighted by atomic mass is 19.4. The predicted molar refractivity (Wildman–Crippen MR) is 59.0 cm³/mol. The van der Waals surface area contributed by atoms with E-state index in [2.05, 4.69) is 15.3 Å².